The largest absolute Gasteiger partial charge is 0.494 e. The van der Waals surface area contributed by atoms with E-state index in [4.69, 9.17) is 4.74 Å². The molecule has 0 saturated carbocycles. The Morgan fingerprint density at radius 3 is 2.76 bits per heavy atom. The van der Waals surface area contributed by atoms with Gasteiger partial charge in [-0.3, -0.25) is 0 Å². The second-order valence-electron chi connectivity index (χ2n) is 5.83. The Labute approximate surface area is 126 Å². The number of urea groups is 1. The van der Waals surface area contributed by atoms with Crippen LogP contribution in [0.25, 0.3) is 0 Å². The van der Waals surface area contributed by atoms with Crippen molar-refractivity contribution in [2.24, 2.45) is 0 Å². The molecule has 0 heterocycles. The number of carbonyl (C=O) groups excluding carboxylic acids is 1. The molecule has 1 rings (SSSR count). The van der Waals surface area contributed by atoms with E-state index in [0.29, 0.717) is 12.3 Å². The maximum Gasteiger partial charge on any atom is 0.321 e. The Morgan fingerprint density at radius 1 is 1.43 bits per heavy atom. The summed E-state index contributed by atoms with van der Waals surface area (Å²) in [6, 6.07) is 7.05. The molecule has 1 aromatic rings. The van der Waals surface area contributed by atoms with Gasteiger partial charge in [-0.2, -0.15) is 0 Å². The summed E-state index contributed by atoms with van der Waals surface area (Å²) in [7, 11) is 1.65. The normalized spacial score (nSPS) is 11.1. The second-order valence-corrected chi connectivity index (χ2v) is 5.83. The SMILES string of the molecule is CCCCOc1cccc(NC(=O)N(C)CC(C)(C)O)c1. The van der Waals surface area contributed by atoms with E-state index < -0.39 is 5.60 Å². The van der Waals surface area contributed by atoms with E-state index in [1.165, 1.54) is 4.90 Å². The zero-order valence-corrected chi connectivity index (χ0v) is 13.3. The third-order valence-corrected chi connectivity index (χ3v) is 2.82. The molecule has 21 heavy (non-hydrogen) atoms. The number of nitrogens with one attached hydrogen (secondary N) is 1. The molecule has 0 fully saturated rings. The number of ether oxygens (including phenoxy) is 1. The highest BCUT2D eigenvalue weighted by Crippen LogP contribution is 2.18. The summed E-state index contributed by atoms with van der Waals surface area (Å²) in [5.41, 5.74) is -0.242. The Morgan fingerprint density at radius 2 is 2.14 bits per heavy atom. The Balaban J connectivity index is 2.57. The summed E-state index contributed by atoms with van der Waals surface area (Å²) in [5, 5.41) is 12.5. The molecule has 0 spiro atoms. The molecular formula is C16H26N2O3. The molecule has 0 atom stereocenters. The van der Waals surface area contributed by atoms with Gasteiger partial charge in [0.05, 0.1) is 18.8 Å². The van der Waals surface area contributed by atoms with Crippen molar-refractivity contribution in [3.63, 3.8) is 0 Å². The lowest BCUT2D eigenvalue weighted by Crippen LogP contribution is -2.41. The summed E-state index contributed by atoms with van der Waals surface area (Å²) in [6.07, 6.45) is 2.09. The van der Waals surface area contributed by atoms with Gasteiger partial charge in [0.2, 0.25) is 0 Å². The van der Waals surface area contributed by atoms with Crippen LogP contribution in [-0.2, 0) is 0 Å². The van der Waals surface area contributed by atoms with E-state index in [2.05, 4.69) is 12.2 Å². The third-order valence-electron chi connectivity index (χ3n) is 2.82. The highest BCUT2D eigenvalue weighted by molar-refractivity contribution is 5.89. The van der Waals surface area contributed by atoms with Gasteiger partial charge in [-0.1, -0.05) is 19.4 Å². The molecule has 118 valence electrons. The Kier molecular flexibility index (Phi) is 6.49. The zero-order valence-electron chi connectivity index (χ0n) is 13.3. The molecule has 1 aromatic carbocycles. The smallest absolute Gasteiger partial charge is 0.321 e. The quantitative estimate of drug-likeness (QED) is 0.760. The summed E-state index contributed by atoms with van der Waals surface area (Å²) >= 11 is 0. The topological polar surface area (TPSA) is 61.8 Å². The Bertz CT molecular complexity index is 455. The van der Waals surface area contributed by atoms with Crippen molar-refractivity contribution in [2.75, 3.05) is 25.5 Å². The van der Waals surface area contributed by atoms with Crippen molar-refractivity contribution < 1.29 is 14.6 Å². The molecule has 0 unspecified atom stereocenters. The molecule has 0 aliphatic carbocycles. The van der Waals surface area contributed by atoms with Crippen molar-refractivity contribution in [3.8, 4) is 5.75 Å². The van der Waals surface area contributed by atoms with Gasteiger partial charge < -0.3 is 20.1 Å². The molecule has 0 aromatic heterocycles. The molecule has 0 radical (unpaired) electrons. The van der Waals surface area contributed by atoms with Crippen molar-refractivity contribution >= 4 is 11.7 Å². The average Bonchev–Trinajstić information content (AvgIpc) is 2.37. The van der Waals surface area contributed by atoms with Crippen LogP contribution in [0.1, 0.15) is 33.6 Å². The molecule has 0 bridgehead atoms. The first kappa shape index (κ1) is 17.3. The molecular weight excluding hydrogens is 268 g/mol. The first-order chi connectivity index (χ1) is 9.81. The predicted octanol–water partition coefficient (Wildman–Crippen LogP) is 3.10. The number of likely N-dealkylation sites (N-methyl/N-ethyl adjacent to an activating group) is 1. The van der Waals surface area contributed by atoms with Crippen LogP contribution < -0.4 is 10.1 Å². The highest BCUT2D eigenvalue weighted by atomic mass is 16.5. The molecule has 5 nitrogen and oxygen atoms in total. The maximum atomic E-state index is 12.0. The number of carbonyl (C=O) groups is 1. The minimum absolute atomic E-state index is 0.255. The first-order valence-electron chi connectivity index (χ1n) is 7.29. The van der Waals surface area contributed by atoms with Crippen molar-refractivity contribution in [2.45, 2.75) is 39.2 Å². The van der Waals surface area contributed by atoms with Crippen LogP contribution in [0, 0.1) is 0 Å². The summed E-state index contributed by atoms with van der Waals surface area (Å²) in [6.45, 7) is 6.37. The van der Waals surface area contributed by atoms with Crippen LogP contribution in [0.4, 0.5) is 10.5 Å². The van der Waals surface area contributed by atoms with E-state index in [1.807, 2.05) is 18.2 Å². The van der Waals surface area contributed by atoms with Crippen molar-refractivity contribution in [1.29, 1.82) is 0 Å². The molecule has 5 heteroatoms. The predicted molar refractivity (Wildman–Crippen MR) is 84.8 cm³/mol. The number of rotatable bonds is 7. The minimum atomic E-state index is -0.919. The lowest BCUT2D eigenvalue weighted by Gasteiger charge is -2.25. The van der Waals surface area contributed by atoms with Gasteiger partial charge in [0.15, 0.2) is 0 Å². The van der Waals surface area contributed by atoms with E-state index in [1.54, 1.807) is 27.0 Å². The number of aliphatic hydroxyl groups is 1. The number of hydrogen-bond acceptors (Lipinski definition) is 3. The number of anilines is 1. The lowest BCUT2D eigenvalue weighted by molar-refractivity contribution is 0.0550. The highest BCUT2D eigenvalue weighted by Gasteiger charge is 2.19. The monoisotopic (exact) mass is 294 g/mol. The fraction of sp³-hybridized carbons (Fsp3) is 0.562. The van der Waals surface area contributed by atoms with Crippen molar-refractivity contribution in [3.05, 3.63) is 24.3 Å². The van der Waals surface area contributed by atoms with Crippen molar-refractivity contribution in [1.82, 2.24) is 4.90 Å². The molecule has 0 aliphatic heterocycles. The van der Waals surface area contributed by atoms with E-state index in [9.17, 15) is 9.90 Å². The van der Waals surface area contributed by atoms with Gasteiger partial charge in [-0.15, -0.1) is 0 Å². The number of amides is 2. The number of benzene rings is 1. The van der Waals surface area contributed by atoms with Crippen LogP contribution in [0.2, 0.25) is 0 Å². The summed E-state index contributed by atoms with van der Waals surface area (Å²) < 4.78 is 5.60. The standard InChI is InChI=1S/C16H26N2O3/c1-5-6-10-21-14-9-7-8-13(11-14)17-15(19)18(4)12-16(2,3)20/h7-9,11,20H,5-6,10,12H2,1-4H3,(H,17,19). The number of hydrogen-bond donors (Lipinski definition) is 2. The van der Waals surface area contributed by atoms with Gasteiger partial charge in [0.25, 0.3) is 0 Å². The fourth-order valence-electron chi connectivity index (χ4n) is 1.87. The van der Waals surface area contributed by atoms with Gasteiger partial charge >= 0.3 is 6.03 Å². The molecule has 2 amide bonds. The van der Waals surface area contributed by atoms with Gasteiger partial charge in [-0.25, -0.2) is 4.79 Å². The second kappa shape index (κ2) is 7.88. The van der Waals surface area contributed by atoms with Gasteiger partial charge in [0, 0.05) is 18.8 Å². The molecule has 2 N–H and O–H groups in total. The molecule has 0 aliphatic rings. The average molecular weight is 294 g/mol. The van der Waals surface area contributed by atoms with Gasteiger partial charge in [0.1, 0.15) is 5.75 Å². The van der Waals surface area contributed by atoms with E-state index >= 15 is 0 Å². The van der Waals surface area contributed by atoms with E-state index in [0.717, 1.165) is 18.6 Å². The van der Waals surface area contributed by atoms with Gasteiger partial charge in [-0.05, 0) is 32.4 Å². The number of unbranched alkanes of at least 4 members (excludes halogenated alkanes) is 1. The zero-order chi connectivity index (χ0) is 15.9. The molecule has 0 saturated heterocycles. The summed E-state index contributed by atoms with van der Waals surface area (Å²) in [4.78, 5) is 13.5. The van der Waals surface area contributed by atoms with Crippen LogP contribution in [0.5, 0.6) is 5.75 Å². The van der Waals surface area contributed by atoms with Crippen LogP contribution >= 0.6 is 0 Å². The van der Waals surface area contributed by atoms with Crippen LogP contribution in [0.3, 0.4) is 0 Å². The first-order valence-corrected chi connectivity index (χ1v) is 7.29. The summed E-state index contributed by atoms with van der Waals surface area (Å²) in [5.74, 6) is 0.742. The van der Waals surface area contributed by atoms with Crippen LogP contribution in [-0.4, -0.2) is 41.8 Å². The van der Waals surface area contributed by atoms with E-state index in [-0.39, 0.29) is 12.6 Å². The maximum absolute atomic E-state index is 12.0. The fourth-order valence-corrected chi connectivity index (χ4v) is 1.87. The number of nitrogens with zero attached hydrogens (tertiary/aromatic N) is 1. The minimum Gasteiger partial charge on any atom is -0.494 e. The van der Waals surface area contributed by atoms with Crippen LogP contribution in [0.15, 0.2) is 24.3 Å². The third kappa shape index (κ3) is 6.99. The Hall–Kier alpha value is -1.75. The lowest BCUT2D eigenvalue weighted by atomic mass is 10.1.